The maximum absolute atomic E-state index is 10.9. The number of aryl methyl sites for hydroxylation is 1. The van der Waals surface area contributed by atoms with E-state index in [0.29, 0.717) is 18.8 Å². The van der Waals surface area contributed by atoms with Crippen molar-refractivity contribution >= 4 is 29.3 Å². The molecule has 1 rings (SSSR count). The van der Waals surface area contributed by atoms with Crippen molar-refractivity contribution in [2.24, 2.45) is 11.7 Å². The minimum atomic E-state index is -0.321. The summed E-state index contributed by atoms with van der Waals surface area (Å²) >= 11 is 7.06. The molecule has 2 N–H and O–H groups in total. The van der Waals surface area contributed by atoms with Crippen LogP contribution in [0.25, 0.3) is 0 Å². The molecule has 0 atom stereocenters. The van der Waals surface area contributed by atoms with E-state index in [1.807, 2.05) is 6.08 Å². The summed E-state index contributed by atoms with van der Waals surface area (Å²) in [5.74, 6) is 1.71. The summed E-state index contributed by atoms with van der Waals surface area (Å²) in [6, 6.07) is 0. The number of hydrogen-bond donors (Lipinski definition) is 1. The third-order valence-electron chi connectivity index (χ3n) is 2.33. The van der Waals surface area contributed by atoms with Gasteiger partial charge < -0.3 is 10.3 Å². The van der Waals surface area contributed by atoms with Crippen molar-refractivity contribution in [3.05, 3.63) is 17.4 Å². The number of nitrogens with two attached hydrogens (primary N) is 1. The zero-order chi connectivity index (χ0) is 14.3. The molecule has 0 aliphatic heterocycles. The van der Waals surface area contributed by atoms with Gasteiger partial charge in [-0.3, -0.25) is 4.79 Å². The molecule has 0 saturated heterocycles. The molecule has 1 amide bonds. The average Bonchev–Trinajstić information content (AvgIpc) is 2.69. The normalized spacial score (nSPS) is 11.6. The van der Waals surface area contributed by atoms with Gasteiger partial charge in [0, 0.05) is 30.7 Å². The number of halogens is 1. The van der Waals surface area contributed by atoms with Crippen LogP contribution in [0.15, 0.2) is 16.8 Å². The molecule has 0 unspecified atom stereocenters. The van der Waals surface area contributed by atoms with E-state index in [1.165, 1.54) is 5.54 Å². The van der Waals surface area contributed by atoms with E-state index in [2.05, 4.69) is 28.6 Å². The molecular weight excluding hydrogens is 284 g/mol. The van der Waals surface area contributed by atoms with Crippen molar-refractivity contribution in [1.29, 1.82) is 0 Å². The number of carbonyl (C=O) groups excluding carboxylic acids is 1. The van der Waals surface area contributed by atoms with Crippen LogP contribution in [-0.2, 0) is 17.8 Å². The van der Waals surface area contributed by atoms with Gasteiger partial charge >= 0.3 is 0 Å². The van der Waals surface area contributed by atoms with Gasteiger partial charge in [0.1, 0.15) is 5.82 Å². The Hall–Kier alpha value is -1.01. The molecule has 1 heterocycles. The molecule has 5 nitrogen and oxygen atoms in total. The van der Waals surface area contributed by atoms with Gasteiger partial charge in [0.2, 0.25) is 5.91 Å². The standard InChI is InChI=1S/C12H19ClN4OS/c1-9(2)8-17-11(5-4-10(14)18)15-16-12(17)19-7-3-6-13/h3,6,9H,4-5,7-8H2,1-2H3,(H2,14,18)/b6-3+. The summed E-state index contributed by atoms with van der Waals surface area (Å²) in [6.07, 6.45) is 2.67. The molecule has 0 saturated carbocycles. The lowest BCUT2D eigenvalue weighted by atomic mass is 10.2. The molecule has 0 spiro atoms. The fraction of sp³-hybridized carbons (Fsp3) is 0.583. The van der Waals surface area contributed by atoms with Gasteiger partial charge in [-0.05, 0) is 5.92 Å². The SMILES string of the molecule is CC(C)Cn1c(CCC(N)=O)nnc1SC/C=C/Cl. The minimum Gasteiger partial charge on any atom is -0.370 e. The van der Waals surface area contributed by atoms with E-state index >= 15 is 0 Å². The Kier molecular flexibility index (Phi) is 6.94. The first-order valence-electron chi connectivity index (χ1n) is 6.13. The smallest absolute Gasteiger partial charge is 0.217 e. The van der Waals surface area contributed by atoms with Crippen LogP contribution in [0.1, 0.15) is 26.1 Å². The lowest BCUT2D eigenvalue weighted by Crippen LogP contribution is -2.15. The maximum atomic E-state index is 10.9. The molecule has 0 aliphatic carbocycles. The van der Waals surface area contributed by atoms with Gasteiger partial charge in [0.15, 0.2) is 5.16 Å². The highest BCUT2D eigenvalue weighted by atomic mass is 35.5. The third-order valence-corrected chi connectivity index (χ3v) is 3.43. The number of nitrogens with zero attached hydrogens (tertiary/aromatic N) is 3. The topological polar surface area (TPSA) is 73.8 Å². The van der Waals surface area contributed by atoms with Crippen molar-refractivity contribution in [1.82, 2.24) is 14.8 Å². The molecule has 0 fully saturated rings. The summed E-state index contributed by atoms with van der Waals surface area (Å²) < 4.78 is 2.06. The third kappa shape index (κ3) is 5.65. The molecule has 0 bridgehead atoms. The molecule has 0 aliphatic rings. The van der Waals surface area contributed by atoms with Gasteiger partial charge in [0.05, 0.1) is 0 Å². The summed E-state index contributed by atoms with van der Waals surface area (Å²) in [6.45, 7) is 5.09. The van der Waals surface area contributed by atoms with E-state index in [9.17, 15) is 4.79 Å². The molecule has 19 heavy (non-hydrogen) atoms. The number of aromatic nitrogens is 3. The lowest BCUT2D eigenvalue weighted by molar-refractivity contribution is -0.118. The first kappa shape index (κ1) is 16.0. The highest BCUT2D eigenvalue weighted by Gasteiger charge is 2.13. The van der Waals surface area contributed by atoms with Crippen molar-refractivity contribution in [2.45, 2.75) is 38.4 Å². The van der Waals surface area contributed by atoms with Gasteiger partial charge in [-0.1, -0.05) is 43.3 Å². The van der Waals surface area contributed by atoms with Crippen LogP contribution in [0.2, 0.25) is 0 Å². The fourth-order valence-electron chi connectivity index (χ4n) is 1.55. The quantitative estimate of drug-likeness (QED) is 0.747. The molecule has 0 aromatic carbocycles. The minimum absolute atomic E-state index is 0.294. The Labute approximate surface area is 122 Å². The van der Waals surface area contributed by atoms with Crippen molar-refractivity contribution in [3.63, 3.8) is 0 Å². The van der Waals surface area contributed by atoms with Gasteiger partial charge in [0.25, 0.3) is 0 Å². The zero-order valence-electron chi connectivity index (χ0n) is 11.2. The average molecular weight is 303 g/mol. The Balaban J connectivity index is 2.81. The Morgan fingerprint density at radius 1 is 1.53 bits per heavy atom. The van der Waals surface area contributed by atoms with Gasteiger partial charge in [-0.25, -0.2) is 0 Å². The van der Waals surface area contributed by atoms with Gasteiger partial charge in [-0.2, -0.15) is 0 Å². The van der Waals surface area contributed by atoms with Crippen LogP contribution in [0.5, 0.6) is 0 Å². The Morgan fingerprint density at radius 2 is 2.26 bits per heavy atom. The second kappa shape index (κ2) is 8.22. The van der Waals surface area contributed by atoms with E-state index in [-0.39, 0.29) is 5.91 Å². The summed E-state index contributed by atoms with van der Waals surface area (Å²) in [5.41, 5.74) is 6.66. The monoisotopic (exact) mass is 302 g/mol. The molecule has 0 radical (unpaired) electrons. The van der Waals surface area contributed by atoms with Gasteiger partial charge in [-0.15, -0.1) is 10.2 Å². The molecule has 7 heteroatoms. The van der Waals surface area contributed by atoms with Crippen molar-refractivity contribution < 1.29 is 4.79 Å². The predicted octanol–water partition coefficient (Wildman–Crippen LogP) is 2.20. The number of amides is 1. The summed E-state index contributed by atoms with van der Waals surface area (Å²) in [4.78, 5) is 10.9. The second-order valence-corrected chi connectivity index (χ2v) is 5.78. The second-order valence-electron chi connectivity index (χ2n) is 4.54. The Bertz CT molecular complexity index is 445. The molecule has 1 aromatic heterocycles. The van der Waals surface area contributed by atoms with Crippen LogP contribution < -0.4 is 5.73 Å². The summed E-state index contributed by atoms with van der Waals surface area (Å²) in [5, 5.41) is 9.16. The predicted molar refractivity (Wildman–Crippen MR) is 78.1 cm³/mol. The summed E-state index contributed by atoms with van der Waals surface area (Å²) in [7, 11) is 0. The molecule has 1 aromatic rings. The molecular formula is C12H19ClN4OS. The van der Waals surface area contributed by atoms with E-state index in [4.69, 9.17) is 17.3 Å². The van der Waals surface area contributed by atoms with Crippen LogP contribution in [0.4, 0.5) is 0 Å². The highest BCUT2D eigenvalue weighted by Crippen LogP contribution is 2.19. The number of hydrogen-bond acceptors (Lipinski definition) is 4. The van der Waals surface area contributed by atoms with Crippen LogP contribution >= 0.6 is 23.4 Å². The number of rotatable bonds is 8. The van der Waals surface area contributed by atoms with E-state index in [1.54, 1.807) is 11.8 Å². The fourth-order valence-corrected chi connectivity index (χ4v) is 2.52. The maximum Gasteiger partial charge on any atom is 0.217 e. The largest absolute Gasteiger partial charge is 0.370 e. The first-order chi connectivity index (χ1) is 9.04. The highest BCUT2D eigenvalue weighted by molar-refractivity contribution is 7.99. The van der Waals surface area contributed by atoms with Crippen molar-refractivity contribution in [2.75, 3.05) is 5.75 Å². The Morgan fingerprint density at radius 3 is 2.84 bits per heavy atom. The zero-order valence-corrected chi connectivity index (χ0v) is 12.7. The van der Waals surface area contributed by atoms with E-state index in [0.717, 1.165) is 23.3 Å². The first-order valence-corrected chi connectivity index (χ1v) is 7.55. The van der Waals surface area contributed by atoms with E-state index < -0.39 is 0 Å². The van der Waals surface area contributed by atoms with Crippen molar-refractivity contribution in [3.8, 4) is 0 Å². The van der Waals surface area contributed by atoms with Crippen LogP contribution in [0, 0.1) is 5.92 Å². The van der Waals surface area contributed by atoms with Crippen LogP contribution in [0.3, 0.4) is 0 Å². The molecule has 106 valence electrons. The van der Waals surface area contributed by atoms with Crippen LogP contribution in [-0.4, -0.2) is 26.4 Å². The number of thioether (sulfide) groups is 1. The number of primary amides is 1. The lowest BCUT2D eigenvalue weighted by Gasteiger charge is -2.11. The number of carbonyl (C=O) groups is 1.